The van der Waals surface area contributed by atoms with Gasteiger partial charge in [0, 0.05) is 18.2 Å². The topological polar surface area (TPSA) is 46.3 Å². The molecule has 1 unspecified atom stereocenters. The van der Waals surface area contributed by atoms with E-state index in [9.17, 15) is 4.79 Å². The van der Waals surface area contributed by atoms with Gasteiger partial charge in [-0.05, 0) is 43.9 Å². The summed E-state index contributed by atoms with van der Waals surface area (Å²) in [5, 5.41) is 0.500. The molecule has 4 heteroatoms. The molecule has 1 amide bonds. The molecule has 1 aromatic carbocycles. The lowest BCUT2D eigenvalue weighted by molar-refractivity contribution is 0.0601. The zero-order valence-electron chi connectivity index (χ0n) is 11.4. The van der Waals surface area contributed by atoms with Crippen molar-refractivity contribution in [2.24, 2.45) is 0 Å². The van der Waals surface area contributed by atoms with Crippen molar-refractivity contribution in [1.29, 1.82) is 0 Å². The number of nitrogens with two attached hydrogens (primary N) is 1. The summed E-state index contributed by atoms with van der Waals surface area (Å²) in [6.45, 7) is 3.02. The average Bonchev–Trinajstić information content (AvgIpc) is 2.42. The lowest BCUT2D eigenvalue weighted by Crippen LogP contribution is -2.43. The van der Waals surface area contributed by atoms with E-state index in [-0.39, 0.29) is 5.91 Å². The van der Waals surface area contributed by atoms with Crippen LogP contribution in [0.15, 0.2) is 18.2 Å². The summed E-state index contributed by atoms with van der Waals surface area (Å²) in [7, 11) is 0. The number of nitrogen functional groups attached to an aromatic ring is 1. The molecule has 1 heterocycles. The number of amides is 1. The van der Waals surface area contributed by atoms with Gasteiger partial charge >= 0.3 is 0 Å². The van der Waals surface area contributed by atoms with E-state index in [2.05, 4.69) is 6.92 Å². The molecule has 0 saturated carbocycles. The second-order valence-electron chi connectivity index (χ2n) is 5.17. The molecular formula is C15H21ClN2O. The van der Waals surface area contributed by atoms with Gasteiger partial charge in [-0.25, -0.2) is 0 Å². The van der Waals surface area contributed by atoms with Crippen LogP contribution in [-0.4, -0.2) is 23.4 Å². The first-order chi connectivity index (χ1) is 9.13. The van der Waals surface area contributed by atoms with Crippen LogP contribution in [0.25, 0.3) is 0 Å². The summed E-state index contributed by atoms with van der Waals surface area (Å²) in [5.41, 5.74) is 6.89. The number of rotatable bonds is 3. The van der Waals surface area contributed by atoms with Crippen LogP contribution < -0.4 is 5.73 Å². The third-order valence-corrected chi connectivity index (χ3v) is 4.10. The van der Waals surface area contributed by atoms with Gasteiger partial charge in [-0.15, -0.1) is 0 Å². The molecule has 19 heavy (non-hydrogen) atoms. The van der Waals surface area contributed by atoms with Crippen molar-refractivity contribution in [2.45, 2.75) is 45.1 Å². The van der Waals surface area contributed by atoms with E-state index in [0.29, 0.717) is 22.3 Å². The lowest BCUT2D eigenvalue weighted by Gasteiger charge is -2.36. The van der Waals surface area contributed by atoms with Gasteiger partial charge < -0.3 is 10.6 Å². The van der Waals surface area contributed by atoms with Crippen LogP contribution in [0, 0.1) is 0 Å². The number of anilines is 1. The standard InChI is InChI=1S/C15H21ClN2O/c1-2-5-12-6-3-4-9-18(12)15(19)11-7-8-13(16)14(17)10-11/h7-8,10,12H,2-6,9,17H2,1H3. The van der Waals surface area contributed by atoms with E-state index < -0.39 is 0 Å². The maximum atomic E-state index is 12.6. The molecule has 1 aliphatic heterocycles. The maximum absolute atomic E-state index is 12.6. The number of likely N-dealkylation sites (tertiary alicyclic amines) is 1. The fourth-order valence-corrected chi connectivity index (χ4v) is 2.86. The number of hydrogen-bond acceptors (Lipinski definition) is 2. The second kappa shape index (κ2) is 6.29. The quantitative estimate of drug-likeness (QED) is 0.858. The van der Waals surface area contributed by atoms with Gasteiger partial charge in [0.25, 0.3) is 5.91 Å². The van der Waals surface area contributed by atoms with Gasteiger partial charge in [0.2, 0.25) is 0 Å². The third-order valence-electron chi connectivity index (χ3n) is 3.75. The molecule has 0 aromatic heterocycles. The van der Waals surface area contributed by atoms with Crippen molar-refractivity contribution >= 4 is 23.2 Å². The maximum Gasteiger partial charge on any atom is 0.254 e. The van der Waals surface area contributed by atoms with Crippen LogP contribution in [-0.2, 0) is 0 Å². The SMILES string of the molecule is CCCC1CCCCN1C(=O)c1ccc(Cl)c(N)c1. The lowest BCUT2D eigenvalue weighted by atomic mass is 9.97. The summed E-state index contributed by atoms with van der Waals surface area (Å²) in [4.78, 5) is 14.6. The van der Waals surface area contributed by atoms with E-state index in [0.717, 1.165) is 32.2 Å². The molecule has 1 aliphatic rings. The average molecular weight is 281 g/mol. The Labute approximate surface area is 119 Å². The van der Waals surface area contributed by atoms with Crippen molar-refractivity contribution in [2.75, 3.05) is 12.3 Å². The highest BCUT2D eigenvalue weighted by Crippen LogP contribution is 2.25. The minimum Gasteiger partial charge on any atom is -0.398 e. The highest BCUT2D eigenvalue weighted by molar-refractivity contribution is 6.33. The fraction of sp³-hybridized carbons (Fsp3) is 0.533. The van der Waals surface area contributed by atoms with E-state index in [1.54, 1.807) is 18.2 Å². The van der Waals surface area contributed by atoms with Crippen LogP contribution in [0.2, 0.25) is 5.02 Å². The predicted octanol–water partition coefficient (Wildman–Crippen LogP) is 3.72. The molecular weight excluding hydrogens is 260 g/mol. The Kier molecular flexibility index (Phi) is 4.70. The van der Waals surface area contributed by atoms with Crippen molar-refractivity contribution in [3.63, 3.8) is 0 Å². The molecule has 2 N–H and O–H groups in total. The molecule has 1 aromatic rings. The number of benzene rings is 1. The highest BCUT2D eigenvalue weighted by atomic mass is 35.5. The molecule has 104 valence electrons. The van der Waals surface area contributed by atoms with Crippen LogP contribution in [0.4, 0.5) is 5.69 Å². The highest BCUT2D eigenvalue weighted by Gasteiger charge is 2.26. The fourth-order valence-electron chi connectivity index (χ4n) is 2.74. The Hall–Kier alpha value is -1.22. The summed E-state index contributed by atoms with van der Waals surface area (Å²) in [5.74, 6) is 0.0847. The van der Waals surface area contributed by atoms with E-state index in [1.807, 2.05) is 4.90 Å². The Morgan fingerprint density at radius 2 is 2.26 bits per heavy atom. The van der Waals surface area contributed by atoms with Crippen LogP contribution in [0.5, 0.6) is 0 Å². The largest absolute Gasteiger partial charge is 0.398 e. The van der Waals surface area contributed by atoms with Crippen molar-refractivity contribution in [3.05, 3.63) is 28.8 Å². The van der Waals surface area contributed by atoms with E-state index in [4.69, 9.17) is 17.3 Å². The number of halogens is 1. The van der Waals surface area contributed by atoms with Gasteiger partial charge in [0.05, 0.1) is 10.7 Å². The zero-order chi connectivity index (χ0) is 13.8. The predicted molar refractivity (Wildman–Crippen MR) is 79.4 cm³/mol. The van der Waals surface area contributed by atoms with Gasteiger partial charge in [-0.1, -0.05) is 24.9 Å². The third kappa shape index (κ3) is 3.21. The number of piperidine rings is 1. The molecule has 1 atom stereocenters. The summed E-state index contributed by atoms with van der Waals surface area (Å²) in [6, 6.07) is 5.52. The molecule has 0 radical (unpaired) electrons. The molecule has 1 saturated heterocycles. The molecule has 3 nitrogen and oxygen atoms in total. The first-order valence-corrected chi connectivity index (χ1v) is 7.37. The second-order valence-corrected chi connectivity index (χ2v) is 5.58. The van der Waals surface area contributed by atoms with Gasteiger partial charge in [0.15, 0.2) is 0 Å². The molecule has 0 aliphatic carbocycles. The Morgan fingerprint density at radius 3 is 2.95 bits per heavy atom. The number of carbonyl (C=O) groups excluding carboxylic acids is 1. The molecule has 0 bridgehead atoms. The van der Waals surface area contributed by atoms with Gasteiger partial charge in [0.1, 0.15) is 0 Å². The monoisotopic (exact) mass is 280 g/mol. The number of carbonyl (C=O) groups is 1. The van der Waals surface area contributed by atoms with Crippen LogP contribution in [0.1, 0.15) is 49.4 Å². The first kappa shape index (κ1) is 14.2. The normalized spacial score (nSPS) is 19.5. The molecule has 2 rings (SSSR count). The van der Waals surface area contributed by atoms with Gasteiger partial charge in [-0.3, -0.25) is 4.79 Å². The summed E-state index contributed by atoms with van der Waals surface area (Å²) >= 11 is 5.90. The Morgan fingerprint density at radius 1 is 1.47 bits per heavy atom. The minimum absolute atomic E-state index is 0.0847. The van der Waals surface area contributed by atoms with E-state index in [1.165, 1.54) is 6.42 Å². The van der Waals surface area contributed by atoms with E-state index >= 15 is 0 Å². The zero-order valence-corrected chi connectivity index (χ0v) is 12.1. The minimum atomic E-state index is 0.0847. The van der Waals surface area contributed by atoms with Crippen molar-refractivity contribution in [3.8, 4) is 0 Å². The van der Waals surface area contributed by atoms with Gasteiger partial charge in [-0.2, -0.15) is 0 Å². The number of nitrogens with zero attached hydrogens (tertiary/aromatic N) is 1. The summed E-state index contributed by atoms with van der Waals surface area (Å²) in [6.07, 6.45) is 5.61. The van der Waals surface area contributed by atoms with Crippen LogP contribution >= 0.6 is 11.6 Å². The first-order valence-electron chi connectivity index (χ1n) is 6.99. The number of hydrogen-bond donors (Lipinski definition) is 1. The van der Waals surface area contributed by atoms with Crippen molar-refractivity contribution < 1.29 is 4.79 Å². The molecule has 0 spiro atoms. The molecule has 1 fully saturated rings. The Balaban J connectivity index is 2.18. The van der Waals surface area contributed by atoms with Crippen LogP contribution in [0.3, 0.4) is 0 Å². The Bertz CT molecular complexity index is 459. The van der Waals surface area contributed by atoms with Crippen molar-refractivity contribution in [1.82, 2.24) is 4.90 Å². The smallest absolute Gasteiger partial charge is 0.254 e. The summed E-state index contributed by atoms with van der Waals surface area (Å²) < 4.78 is 0.